The number of nitrogens with zero attached hydrogens (tertiary/aromatic N) is 4. The second-order valence-electron chi connectivity index (χ2n) is 6.89. The highest BCUT2D eigenvalue weighted by Gasteiger charge is 2.15. The van der Waals surface area contributed by atoms with Crippen molar-refractivity contribution in [3.8, 4) is 5.75 Å². The van der Waals surface area contributed by atoms with Crippen LogP contribution in [0.3, 0.4) is 0 Å². The van der Waals surface area contributed by atoms with Gasteiger partial charge in [0.2, 0.25) is 0 Å². The van der Waals surface area contributed by atoms with E-state index in [1.807, 2.05) is 19.1 Å². The maximum absolute atomic E-state index is 12.5. The molecular weight excluding hydrogens is 428 g/mol. The minimum atomic E-state index is -0.189. The number of aromatic nitrogens is 4. The molecule has 0 fully saturated rings. The van der Waals surface area contributed by atoms with Gasteiger partial charge in [-0.3, -0.25) is 4.79 Å². The third kappa shape index (κ3) is 6.10. The SMILES string of the molecule is CCCSc1nc(NCCOCC)c2cnn(CCNC(=O)c3ccccc3OC)c2n1. The molecule has 0 spiro atoms. The zero-order valence-corrected chi connectivity index (χ0v) is 19.6. The fraction of sp³-hybridized carbons (Fsp3) is 0.455. The number of carbonyl (C=O) groups is 1. The Hall–Kier alpha value is -2.85. The minimum Gasteiger partial charge on any atom is -0.496 e. The largest absolute Gasteiger partial charge is 0.496 e. The molecular formula is C22H30N6O3S. The van der Waals surface area contributed by atoms with Crippen LogP contribution in [0, 0.1) is 0 Å². The Morgan fingerprint density at radius 3 is 2.81 bits per heavy atom. The van der Waals surface area contributed by atoms with Crippen LogP contribution < -0.4 is 15.4 Å². The predicted molar refractivity (Wildman–Crippen MR) is 127 cm³/mol. The molecule has 0 aliphatic rings. The Labute approximate surface area is 192 Å². The van der Waals surface area contributed by atoms with Crippen molar-refractivity contribution in [1.82, 2.24) is 25.1 Å². The average molecular weight is 459 g/mol. The number of carbonyl (C=O) groups excluding carboxylic acids is 1. The lowest BCUT2D eigenvalue weighted by atomic mass is 10.2. The van der Waals surface area contributed by atoms with Crippen LogP contribution in [0.4, 0.5) is 5.82 Å². The van der Waals surface area contributed by atoms with E-state index in [4.69, 9.17) is 14.5 Å². The molecule has 3 aromatic rings. The van der Waals surface area contributed by atoms with Crippen molar-refractivity contribution in [3.05, 3.63) is 36.0 Å². The maximum atomic E-state index is 12.5. The number of fused-ring (bicyclic) bond motifs is 1. The highest BCUT2D eigenvalue weighted by atomic mass is 32.2. The molecule has 9 nitrogen and oxygen atoms in total. The number of para-hydroxylation sites is 1. The second-order valence-corrected chi connectivity index (χ2v) is 7.95. The highest BCUT2D eigenvalue weighted by molar-refractivity contribution is 7.99. The molecule has 3 rings (SSSR count). The van der Waals surface area contributed by atoms with Gasteiger partial charge in [-0.1, -0.05) is 30.8 Å². The van der Waals surface area contributed by atoms with Gasteiger partial charge in [0.1, 0.15) is 11.6 Å². The molecule has 2 aromatic heterocycles. The lowest BCUT2D eigenvalue weighted by Gasteiger charge is -2.11. The van der Waals surface area contributed by atoms with Crippen LogP contribution in [0.15, 0.2) is 35.6 Å². The number of rotatable bonds is 13. The van der Waals surface area contributed by atoms with Crippen LogP contribution >= 0.6 is 11.8 Å². The van der Waals surface area contributed by atoms with Gasteiger partial charge in [-0.2, -0.15) is 5.10 Å². The molecule has 1 aromatic carbocycles. The van der Waals surface area contributed by atoms with E-state index < -0.39 is 0 Å². The fourth-order valence-corrected chi connectivity index (χ4v) is 3.77. The zero-order chi connectivity index (χ0) is 22.8. The predicted octanol–water partition coefficient (Wildman–Crippen LogP) is 3.22. The van der Waals surface area contributed by atoms with E-state index in [9.17, 15) is 4.79 Å². The molecule has 0 aliphatic carbocycles. The van der Waals surface area contributed by atoms with Crippen molar-refractivity contribution in [2.45, 2.75) is 32.0 Å². The van der Waals surface area contributed by atoms with Crippen LogP contribution in [0.1, 0.15) is 30.6 Å². The lowest BCUT2D eigenvalue weighted by molar-refractivity contribution is 0.0949. The molecule has 32 heavy (non-hydrogen) atoms. The van der Waals surface area contributed by atoms with Crippen molar-refractivity contribution in [3.63, 3.8) is 0 Å². The Kier molecular flexibility index (Phi) is 9.12. The number of methoxy groups -OCH3 is 1. The van der Waals surface area contributed by atoms with Gasteiger partial charge in [0, 0.05) is 25.4 Å². The highest BCUT2D eigenvalue weighted by Crippen LogP contribution is 2.24. The molecule has 2 heterocycles. The van der Waals surface area contributed by atoms with Crippen molar-refractivity contribution < 1.29 is 14.3 Å². The molecule has 0 saturated heterocycles. The van der Waals surface area contributed by atoms with E-state index in [-0.39, 0.29) is 5.91 Å². The number of thioether (sulfide) groups is 1. The second kappa shape index (κ2) is 12.3. The van der Waals surface area contributed by atoms with E-state index in [0.29, 0.717) is 49.3 Å². The number of ether oxygens (including phenoxy) is 2. The smallest absolute Gasteiger partial charge is 0.255 e. The summed E-state index contributed by atoms with van der Waals surface area (Å²) in [4.78, 5) is 21.9. The standard InChI is InChI=1S/C22H30N6O3S/c1-4-14-32-22-26-19(23-11-13-31-5-2)17-15-25-28(20(17)27-22)12-10-24-21(29)16-8-6-7-9-18(16)30-3/h6-9,15H,4-5,10-14H2,1-3H3,(H,24,29)(H,23,26,27). The summed E-state index contributed by atoms with van der Waals surface area (Å²) in [6, 6.07) is 7.15. The molecule has 1 amide bonds. The van der Waals surface area contributed by atoms with Gasteiger partial charge in [0.25, 0.3) is 5.91 Å². The first-order valence-electron chi connectivity index (χ1n) is 10.8. The van der Waals surface area contributed by atoms with Crippen LogP contribution in [0.25, 0.3) is 11.0 Å². The Morgan fingerprint density at radius 2 is 2.03 bits per heavy atom. The number of amides is 1. The average Bonchev–Trinajstić information content (AvgIpc) is 3.23. The normalized spacial score (nSPS) is 11.0. The molecule has 0 saturated carbocycles. The van der Waals surface area contributed by atoms with E-state index in [2.05, 4.69) is 27.6 Å². The first kappa shape index (κ1) is 23.8. The molecule has 0 unspecified atom stereocenters. The van der Waals surface area contributed by atoms with Gasteiger partial charge in [-0.15, -0.1) is 0 Å². The summed E-state index contributed by atoms with van der Waals surface area (Å²) in [5.74, 6) is 2.04. The Bertz CT molecular complexity index is 1030. The maximum Gasteiger partial charge on any atom is 0.255 e. The van der Waals surface area contributed by atoms with E-state index in [0.717, 1.165) is 29.0 Å². The molecule has 2 N–H and O–H groups in total. The number of hydrogen-bond acceptors (Lipinski definition) is 8. The number of nitrogens with one attached hydrogen (secondary N) is 2. The van der Waals surface area contributed by atoms with Gasteiger partial charge in [-0.05, 0) is 25.5 Å². The first-order valence-corrected chi connectivity index (χ1v) is 11.8. The van der Waals surface area contributed by atoms with E-state index >= 15 is 0 Å². The van der Waals surface area contributed by atoms with Gasteiger partial charge in [-0.25, -0.2) is 14.6 Å². The summed E-state index contributed by atoms with van der Waals surface area (Å²) in [6.45, 7) is 6.91. The van der Waals surface area contributed by atoms with Gasteiger partial charge in [0.15, 0.2) is 10.8 Å². The van der Waals surface area contributed by atoms with Crippen molar-refractivity contribution in [2.24, 2.45) is 0 Å². The number of benzene rings is 1. The van der Waals surface area contributed by atoms with E-state index in [1.165, 1.54) is 0 Å². The Morgan fingerprint density at radius 1 is 1.19 bits per heavy atom. The minimum absolute atomic E-state index is 0.189. The number of hydrogen-bond donors (Lipinski definition) is 2. The monoisotopic (exact) mass is 458 g/mol. The van der Waals surface area contributed by atoms with Crippen LogP contribution in [-0.4, -0.2) is 64.8 Å². The third-order valence-corrected chi connectivity index (χ3v) is 5.67. The molecule has 0 atom stereocenters. The van der Waals surface area contributed by atoms with Gasteiger partial charge >= 0.3 is 0 Å². The molecule has 10 heteroatoms. The molecule has 172 valence electrons. The van der Waals surface area contributed by atoms with Crippen molar-refractivity contribution in [1.29, 1.82) is 0 Å². The van der Waals surface area contributed by atoms with Crippen LogP contribution in [0.5, 0.6) is 5.75 Å². The van der Waals surface area contributed by atoms with E-state index in [1.54, 1.807) is 41.9 Å². The fourth-order valence-electron chi connectivity index (χ4n) is 3.08. The van der Waals surface area contributed by atoms with Gasteiger partial charge in [0.05, 0.1) is 37.4 Å². The third-order valence-electron chi connectivity index (χ3n) is 4.61. The zero-order valence-electron chi connectivity index (χ0n) is 18.8. The summed E-state index contributed by atoms with van der Waals surface area (Å²) >= 11 is 1.62. The van der Waals surface area contributed by atoms with Crippen LogP contribution in [-0.2, 0) is 11.3 Å². The Balaban J connectivity index is 1.72. The van der Waals surface area contributed by atoms with Crippen molar-refractivity contribution >= 4 is 34.5 Å². The molecule has 0 bridgehead atoms. The topological polar surface area (TPSA) is 103 Å². The summed E-state index contributed by atoms with van der Waals surface area (Å²) in [5.41, 5.74) is 1.24. The van der Waals surface area contributed by atoms with Gasteiger partial charge < -0.3 is 20.1 Å². The quantitative estimate of drug-likeness (QED) is 0.229. The summed E-state index contributed by atoms with van der Waals surface area (Å²) in [7, 11) is 1.55. The summed E-state index contributed by atoms with van der Waals surface area (Å²) < 4.78 is 12.5. The first-order chi connectivity index (χ1) is 15.7. The van der Waals surface area contributed by atoms with Crippen LogP contribution in [0.2, 0.25) is 0 Å². The summed E-state index contributed by atoms with van der Waals surface area (Å²) in [6.07, 6.45) is 2.79. The van der Waals surface area contributed by atoms with Crippen molar-refractivity contribution in [2.75, 3.05) is 44.5 Å². The molecule has 0 aliphatic heterocycles. The summed E-state index contributed by atoms with van der Waals surface area (Å²) in [5, 5.41) is 12.3. The number of anilines is 1. The molecule has 0 radical (unpaired) electrons. The lowest BCUT2D eigenvalue weighted by Crippen LogP contribution is -2.28.